The van der Waals surface area contributed by atoms with Crippen molar-refractivity contribution in [3.05, 3.63) is 0 Å². The zero-order valence-electron chi connectivity index (χ0n) is 10.1. The first-order valence-corrected chi connectivity index (χ1v) is 5.78. The van der Waals surface area contributed by atoms with Crippen LogP contribution in [0.1, 0.15) is 52.9 Å². The predicted molar refractivity (Wildman–Crippen MR) is 61.6 cm³/mol. The second kappa shape index (κ2) is 8.45. The molecule has 88 valence electrons. The Hall–Kier alpha value is -0.860. The number of hydrogen-bond acceptors (Lipinski definition) is 2. The Kier molecular flexibility index (Phi) is 7.96. The molecule has 0 aromatic rings. The molecule has 15 heavy (non-hydrogen) atoms. The lowest BCUT2D eigenvalue weighted by molar-refractivity contribution is -0.121. The summed E-state index contributed by atoms with van der Waals surface area (Å²) in [6, 6.07) is 0. The standard InChI is InChI=1S/C12H23NO2/c1-10(2)7-8-12(15)13-9-5-4-6-11(3)14/h10H,4-9H2,1-3H3,(H,13,15). The van der Waals surface area contributed by atoms with E-state index in [2.05, 4.69) is 19.2 Å². The highest BCUT2D eigenvalue weighted by atomic mass is 16.1. The fraction of sp³-hybridized carbons (Fsp3) is 0.833. The molecule has 0 spiro atoms. The molecule has 0 saturated heterocycles. The molecular weight excluding hydrogens is 190 g/mol. The SMILES string of the molecule is CC(=O)CCCCNC(=O)CCC(C)C. The van der Waals surface area contributed by atoms with Crippen LogP contribution in [0.15, 0.2) is 0 Å². The number of unbranched alkanes of at least 4 members (excludes halogenated alkanes) is 1. The summed E-state index contributed by atoms with van der Waals surface area (Å²) in [7, 11) is 0. The van der Waals surface area contributed by atoms with Gasteiger partial charge in [0, 0.05) is 19.4 Å². The van der Waals surface area contributed by atoms with Crippen molar-refractivity contribution in [1.29, 1.82) is 0 Å². The number of nitrogens with one attached hydrogen (secondary N) is 1. The van der Waals surface area contributed by atoms with Crippen molar-refractivity contribution in [3.8, 4) is 0 Å². The van der Waals surface area contributed by atoms with E-state index in [-0.39, 0.29) is 11.7 Å². The third kappa shape index (κ3) is 11.1. The van der Waals surface area contributed by atoms with Crippen molar-refractivity contribution in [2.45, 2.75) is 52.9 Å². The Morgan fingerprint density at radius 3 is 2.33 bits per heavy atom. The molecule has 0 rings (SSSR count). The van der Waals surface area contributed by atoms with Crippen molar-refractivity contribution in [2.75, 3.05) is 6.54 Å². The molecular formula is C12H23NO2. The summed E-state index contributed by atoms with van der Waals surface area (Å²) in [6.07, 6.45) is 3.96. The first-order valence-electron chi connectivity index (χ1n) is 5.78. The number of carbonyl (C=O) groups excluding carboxylic acids is 2. The van der Waals surface area contributed by atoms with Crippen molar-refractivity contribution in [2.24, 2.45) is 5.92 Å². The minimum absolute atomic E-state index is 0.131. The van der Waals surface area contributed by atoms with Gasteiger partial charge >= 0.3 is 0 Å². The van der Waals surface area contributed by atoms with Gasteiger partial charge in [0.05, 0.1) is 0 Å². The second-order valence-electron chi connectivity index (χ2n) is 4.44. The summed E-state index contributed by atoms with van der Waals surface area (Å²) in [4.78, 5) is 21.9. The number of rotatable bonds is 8. The van der Waals surface area contributed by atoms with E-state index in [1.165, 1.54) is 0 Å². The second-order valence-corrected chi connectivity index (χ2v) is 4.44. The van der Waals surface area contributed by atoms with Gasteiger partial charge < -0.3 is 10.1 Å². The van der Waals surface area contributed by atoms with Crippen LogP contribution in [0.4, 0.5) is 0 Å². The molecule has 0 saturated carbocycles. The quantitative estimate of drug-likeness (QED) is 0.629. The third-order valence-corrected chi connectivity index (χ3v) is 2.23. The molecule has 0 aromatic heterocycles. The van der Waals surface area contributed by atoms with Gasteiger partial charge in [-0.1, -0.05) is 13.8 Å². The van der Waals surface area contributed by atoms with Crippen LogP contribution in [0.3, 0.4) is 0 Å². The summed E-state index contributed by atoms with van der Waals surface area (Å²) in [5, 5.41) is 2.86. The molecule has 1 amide bonds. The molecule has 0 radical (unpaired) electrons. The average Bonchev–Trinajstić information content (AvgIpc) is 2.13. The van der Waals surface area contributed by atoms with E-state index in [4.69, 9.17) is 0 Å². The Morgan fingerprint density at radius 2 is 1.80 bits per heavy atom. The number of amides is 1. The van der Waals surface area contributed by atoms with E-state index in [1.54, 1.807) is 6.92 Å². The van der Waals surface area contributed by atoms with Crippen LogP contribution < -0.4 is 5.32 Å². The summed E-state index contributed by atoms with van der Waals surface area (Å²) in [6.45, 7) is 6.52. The molecule has 0 fully saturated rings. The van der Waals surface area contributed by atoms with E-state index in [0.717, 1.165) is 19.3 Å². The fourth-order valence-electron chi connectivity index (χ4n) is 1.23. The summed E-state index contributed by atoms with van der Waals surface area (Å²) >= 11 is 0. The first-order chi connectivity index (χ1) is 7.02. The van der Waals surface area contributed by atoms with Crippen molar-refractivity contribution in [1.82, 2.24) is 5.32 Å². The van der Waals surface area contributed by atoms with Crippen LogP contribution >= 0.6 is 0 Å². The van der Waals surface area contributed by atoms with Gasteiger partial charge in [-0.2, -0.15) is 0 Å². The van der Waals surface area contributed by atoms with Gasteiger partial charge in [0.25, 0.3) is 0 Å². The molecule has 0 atom stereocenters. The molecule has 0 aliphatic carbocycles. The van der Waals surface area contributed by atoms with Gasteiger partial charge in [0.1, 0.15) is 5.78 Å². The Morgan fingerprint density at radius 1 is 1.13 bits per heavy atom. The monoisotopic (exact) mass is 213 g/mol. The molecule has 3 nitrogen and oxygen atoms in total. The van der Waals surface area contributed by atoms with E-state index in [0.29, 0.717) is 25.3 Å². The molecule has 0 heterocycles. The third-order valence-electron chi connectivity index (χ3n) is 2.23. The molecule has 1 N–H and O–H groups in total. The molecule has 0 bridgehead atoms. The molecule has 0 aliphatic heterocycles. The lowest BCUT2D eigenvalue weighted by atomic mass is 10.1. The molecule has 0 aliphatic rings. The Labute approximate surface area is 92.6 Å². The van der Waals surface area contributed by atoms with Crippen molar-refractivity contribution in [3.63, 3.8) is 0 Å². The molecule has 3 heteroatoms. The van der Waals surface area contributed by atoms with Gasteiger partial charge in [-0.25, -0.2) is 0 Å². The highest BCUT2D eigenvalue weighted by Gasteiger charge is 2.02. The van der Waals surface area contributed by atoms with Crippen LogP contribution in [-0.4, -0.2) is 18.2 Å². The average molecular weight is 213 g/mol. The molecule has 0 aromatic carbocycles. The minimum atomic E-state index is 0.131. The van der Waals surface area contributed by atoms with E-state index < -0.39 is 0 Å². The molecule has 0 unspecified atom stereocenters. The van der Waals surface area contributed by atoms with Crippen LogP contribution in [0, 0.1) is 5.92 Å². The maximum Gasteiger partial charge on any atom is 0.220 e. The van der Waals surface area contributed by atoms with Crippen molar-refractivity contribution < 1.29 is 9.59 Å². The predicted octanol–water partition coefficient (Wildman–Crippen LogP) is 2.30. The van der Waals surface area contributed by atoms with Gasteiger partial charge in [0.2, 0.25) is 5.91 Å². The zero-order chi connectivity index (χ0) is 11.7. The van der Waals surface area contributed by atoms with E-state index in [9.17, 15) is 9.59 Å². The topological polar surface area (TPSA) is 46.2 Å². The normalized spacial score (nSPS) is 10.4. The van der Waals surface area contributed by atoms with E-state index in [1.807, 2.05) is 0 Å². The number of hydrogen-bond donors (Lipinski definition) is 1. The van der Waals surface area contributed by atoms with E-state index >= 15 is 0 Å². The number of ketones is 1. The summed E-state index contributed by atoms with van der Waals surface area (Å²) in [5.74, 6) is 0.932. The minimum Gasteiger partial charge on any atom is -0.356 e. The number of Topliss-reactive ketones (excluding diaryl/α,β-unsaturated/α-hetero) is 1. The smallest absolute Gasteiger partial charge is 0.220 e. The lowest BCUT2D eigenvalue weighted by Gasteiger charge is -2.06. The summed E-state index contributed by atoms with van der Waals surface area (Å²) in [5.41, 5.74) is 0. The van der Waals surface area contributed by atoms with Gasteiger partial charge in [-0.05, 0) is 32.1 Å². The Balaban J connectivity index is 3.28. The van der Waals surface area contributed by atoms with Crippen LogP contribution in [0.5, 0.6) is 0 Å². The highest BCUT2D eigenvalue weighted by Crippen LogP contribution is 2.02. The largest absolute Gasteiger partial charge is 0.356 e. The first kappa shape index (κ1) is 14.1. The zero-order valence-corrected chi connectivity index (χ0v) is 10.1. The van der Waals surface area contributed by atoms with Gasteiger partial charge in [-0.3, -0.25) is 4.79 Å². The van der Waals surface area contributed by atoms with Gasteiger partial charge in [0.15, 0.2) is 0 Å². The lowest BCUT2D eigenvalue weighted by Crippen LogP contribution is -2.24. The Bertz CT molecular complexity index is 200. The van der Waals surface area contributed by atoms with Crippen LogP contribution in [0.25, 0.3) is 0 Å². The highest BCUT2D eigenvalue weighted by molar-refractivity contribution is 5.76. The van der Waals surface area contributed by atoms with Gasteiger partial charge in [-0.15, -0.1) is 0 Å². The van der Waals surface area contributed by atoms with Crippen LogP contribution in [-0.2, 0) is 9.59 Å². The fourth-order valence-corrected chi connectivity index (χ4v) is 1.23. The maximum absolute atomic E-state index is 11.3. The summed E-state index contributed by atoms with van der Waals surface area (Å²) < 4.78 is 0. The maximum atomic E-state index is 11.3. The van der Waals surface area contributed by atoms with Crippen molar-refractivity contribution >= 4 is 11.7 Å². The number of carbonyl (C=O) groups is 2. The van der Waals surface area contributed by atoms with Crippen LogP contribution in [0.2, 0.25) is 0 Å².